The quantitative estimate of drug-likeness (QED) is 0.0327. The van der Waals surface area contributed by atoms with Crippen molar-refractivity contribution in [1.82, 2.24) is 58.0 Å². The summed E-state index contributed by atoms with van der Waals surface area (Å²) in [4.78, 5) is 106. The molecule has 30 nitrogen and oxygen atoms in total. The Morgan fingerprint density at radius 1 is 0.342 bits per heavy atom. The van der Waals surface area contributed by atoms with Crippen molar-refractivity contribution in [2.75, 3.05) is 37.3 Å². The molecule has 6 aromatic carbocycles. The van der Waals surface area contributed by atoms with Crippen LogP contribution >= 0.6 is 0 Å². The molecule has 0 saturated heterocycles. The van der Waals surface area contributed by atoms with Gasteiger partial charge in [-0.05, 0) is 190 Å². The van der Waals surface area contributed by atoms with E-state index in [-0.39, 0.29) is 53.8 Å². The lowest BCUT2D eigenvalue weighted by atomic mass is 10.1. The van der Waals surface area contributed by atoms with E-state index in [0.717, 1.165) is 32.7 Å². The lowest BCUT2D eigenvalue weighted by Crippen LogP contribution is -2.32. The molecule has 3 amide bonds. The molecular weight excluding hydrogens is 1530 g/mol. The average molecular weight is 1620 g/mol. The van der Waals surface area contributed by atoms with E-state index < -0.39 is 51.2 Å². The van der Waals surface area contributed by atoms with E-state index in [9.17, 15) is 44.1 Å². The number of ether oxygens (including phenoxy) is 6. The molecule has 9 aromatic heterocycles. The highest BCUT2D eigenvalue weighted by atomic mass is 16.5. The summed E-state index contributed by atoms with van der Waals surface area (Å²) in [5.41, 5.74) is 0.255. The number of aromatic nitrogens is 12. The number of anilines is 3. The molecule has 0 spiro atoms. The number of carbonyl (C=O) groups is 3. The van der Waals surface area contributed by atoms with Crippen molar-refractivity contribution >= 4 is 67.9 Å². The molecule has 120 heavy (non-hydrogen) atoms. The number of aliphatic hydroxyl groups is 3. The normalized spacial score (nSPS) is 11.4. The zero-order chi connectivity index (χ0) is 85.3. The highest BCUT2D eigenvalue weighted by molar-refractivity contribution is 6.06. The summed E-state index contributed by atoms with van der Waals surface area (Å²) >= 11 is 0. The van der Waals surface area contributed by atoms with Crippen LogP contribution in [-0.4, -0.2) is 129 Å². The van der Waals surface area contributed by atoms with E-state index in [0.29, 0.717) is 85.9 Å². The van der Waals surface area contributed by atoms with Crippen LogP contribution in [-0.2, 0) is 19.6 Å². The Morgan fingerprint density at radius 3 is 0.817 bits per heavy atom. The maximum atomic E-state index is 13.5. The van der Waals surface area contributed by atoms with Crippen molar-refractivity contribution in [3.05, 3.63) is 302 Å². The van der Waals surface area contributed by atoms with Crippen LogP contribution in [0.25, 0.3) is 49.8 Å². The summed E-state index contributed by atoms with van der Waals surface area (Å²) in [6, 6.07) is 58.6. The molecular formula is C90H87N15O15. The molecule has 0 radical (unpaired) electrons. The SMILES string of the molecule is COc1ccc2c(Oc3ccc(NC(=O)c4c(C)n(CC(C)(C)O)n(-c5ccccc5)c4=O)nc3)ccnc2c1.COc1ccc2c(Oc3ccc(NC(=O)c4c(C)n(CC(C)(C)O)n(-c5ccccc5)c4=O)nc3)ccnc2c1.COc1ccc2c(Oc3ccc(NC(=O)c4c(C)n(CC(C)(C)O)n(-c5ccccc5)c4=O)nc3)ccnc2c1. The number of fused-ring (bicyclic) bond motifs is 3. The van der Waals surface area contributed by atoms with E-state index in [4.69, 9.17) is 28.4 Å². The summed E-state index contributed by atoms with van der Waals surface area (Å²) in [5, 5.41) is 42.0. The Kier molecular flexibility index (Phi) is 24.4. The van der Waals surface area contributed by atoms with Crippen molar-refractivity contribution in [3.8, 4) is 68.8 Å². The van der Waals surface area contributed by atoms with Gasteiger partial charge in [0.2, 0.25) is 0 Å². The summed E-state index contributed by atoms with van der Waals surface area (Å²) in [6.45, 7) is 15.2. The maximum Gasteiger partial charge on any atom is 0.284 e. The molecule has 0 unspecified atom stereocenters. The van der Waals surface area contributed by atoms with Crippen LogP contribution in [0.5, 0.6) is 51.7 Å². The van der Waals surface area contributed by atoms with Crippen molar-refractivity contribution in [2.45, 2.75) is 98.8 Å². The van der Waals surface area contributed by atoms with Crippen LogP contribution in [0.1, 0.15) is 89.7 Å². The Morgan fingerprint density at radius 2 is 0.592 bits per heavy atom. The van der Waals surface area contributed by atoms with Crippen LogP contribution in [0.4, 0.5) is 17.5 Å². The molecule has 612 valence electrons. The first kappa shape index (κ1) is 83.1. The van der Waals surface area contributed by atoms with Gasteiger partial charge in [0.1, 0.15) is 85.9 Å². The largest absolute Gasteiger partial charge is 0.497 e. The molecule has 30 heteroatoms. The minimum atomic E-state index is -1.12. The number of pyridine rings is 6. The van der Waals surface area contributed by atoms with Gasteiger partial charge >= 0.3 is 0 Å². The van der Waals surface area contributed by atoms with Gasteiger partial charge in [0.25, 0.3) is 34.4 Å². The lowest BCUT2D eigenvalue weighted by molar-refractivity contribution is 0.0540. The first-order chi connectivity index (χ1) is 57.4. The fraction of sp³-hybridized carbons (Fsp3) is 0.200. The van der Waals surface area contributed by atoms with Crippen LogP contribution in [0.15, 0.2) is 252 Å². The predicted molar refractivity (Wildman–Crippen MR) is 455 cm³/mol. The number of methoxy groups -OCH3 is 3. The van der Waals surface area contributed by atoms with E-state index in [1.165, 1.54) is 32.6 Å². The number of para-hydroxylation sites is 3. The third-order valence-corrected chi connectivity index (χ3v) is 18.8. The van der Waals surface area contributed by atoms with Crippen molar-refractivity contribution in [1.29, 1.82) is 0 Å². The third kappa shape index (κ3) is 19.1. The zero-order valence-corrected chi connectivity index (χ0v) is 67.7. The van der Waals surface area contributed by atoms with E-state index in [1.807, 2.05) is 72.8 Å². The van der Waals surface area contributed by atoms with Crippen molar-refractivity contribution in [3.63, 3.8) is 0 Å². The van der Waals surface area contributed by atoms with Crippen molar-refractivity contribution < 1.29 is 58.1 Å². The summed E-state index contributed by atoms with van der Waals surface area (Å²) < 4.78 is 42.9. The number of hydrogen-bond donors (Lipinski definition) is 6. The molecule has 9 heterocycles. The summed E-state index contributed by atoms with van der Waals surface area (Å²) in [7, 11) is 4.79. The fourth-order valence-electron chi connectivity index (χ4n) is 13.3. The van der Waals surface area contributed by atoms with Crippen LogP contribution in [0.2, 0.25) is 0 Å². The molecule has 0 saturated carbocycles. The molecule has 15 rings (SSSR count). The van der Waals surface area contributed by atoms with Crippen LogP contribution in [0, 0.1) is 20.8 Å². The van der Waals surface area contributed by atoms with Gasteiger partial charge in [0, 0.05) is 52.9 Å². The minimum absolute atomic E-state index is 0.0334. The van der Waals surface area contributed by atoms with E-state index >= 15 is 0 Å². The molecule has 0 bridgehead atoms. The second kappa shape index (κ2) is 35.3. The molecule has 0 aliphatic heterocycles. The van der Waals surface area contributed by atoms with Crippen molar-refractivity contribution in [2.24, 2.45) is 0 Å². The number of hydrogen-bond acceptors (Lipinski definition) is 21. The van der Waals surface area contributed by atoms with Gasteiger partial charge in [-0.3, -0.25) is 57.8 Å². The Bertz CT molecular complexity index is 5830. The maximum absolute atomic E-state index is 13.5. The van der Waals surface area contributed by atoms with Gasteiger partial charge < -0.3 is 59.7 Å². The smallest absolute Gasteiger partial charge is 0.284 e. The zero-order valence-electron chi connectivity index (χ0n) is 67.7. The summed E-state index contributed by atoms with van der Waals surface area (Å²) in [6.07, 6.45) is 9.40. The first-order valence-corrected chi connectivity index (χ1v) is 37.9. The fourth-order valence-corrected chi connectivity index (χ4v) is 13.3. The predicted octanol–water partition coefficient (Wildman–Crippen LogP) is 14.1. The van der Waals surface area contributed by atoms with Gasteiger partial charge in [-0.1, -0.05) is 54.6 Å². The number of rotatable bonds is 24. The monoisotopic (exact) mass is 1620 g/mol. The second-order valence-electron chi connectivity index (χ2n) is 29.7. The van der Waals surface area contributed by atoms with E-state index in [2.05, 4.69) is 45.9 Å². The van der Waals surface area contributed by atoms with Gasteiger partial charge in [0.05, 0.1) is 127 Å². The molecule has 0 atom stereocenters. The third-order valence-electron chi connectivity index (χ3n) is 18.8. The number of amides is 3. The van der Waals surface area contributed by atoms with E-state index in [1.54, 1.807) is 244 Å². The Balaban J connectivity index is 0.000000156. The molecule has 6 N–H and O–H groups in total. The Hall–Kier alpha value is -14.9. The average Bonchev–Trinajstić information content (AvgIpc) is 1.63. The Labute approximate surface area is 687 Å². The van der Waals surface area contributed by atoms with Crippen LogP contribution in [0.3, 0.4) is 0 Å². The number of nitrogens with one attached hydrogen (secondary N) is 3. The molecule has 15 aromatic rings. The van der Waals surface area contributed by atoms with Gasteiger partial charge in [0.15, 0.2) is 0 Å². The first-order valence-electron chi connectivity index (χ1n) is 37.9. The molecule has 0 aliphatic carbocycles. The highest BCUT2D eigenvalue weighted by Crippen LogP contribution is 2.35. The van der Waals surface area contributed by atoms with Gasteiger partial charge in [-0.2, -0.15) is 0 Å². The summed E-state index contributed by atoms with van der Waals surface area (Å²) in [5.74, 6) is 4.20. The van der Waals surface area contributed by atoms with Gasteiger partial charge in [-0.15, -0.1) is 0 Å². The number of carbonyl (C=O) groups excluding carboxylic acids is 3. The topological polar surface area (TPSA) is 361 Å². The van der Waals surface area contributed by atoms with Crippen LogP contribution < -0.4 is 61.0 Å². The highest BCUT2D eigenvalue weighted by Gasteiger charge is 2.31. The number of benzene rings is 6. The standard InChI is InChI=1S/3C30H29N5O5/c3*1-19-27(29(37)35(20-8-6-5-7-9-20)34(19)18-30(2,3)38)28(36)33-26-13-11-22(17-32-26)40-25-14-15-31-24-16-21(39-4)10-12-23(24)25/h3*5-17,38H,18H2,1-4H3,(H,32,33,36). The lowest BCUT2D eigenvalue weighted by Gasteiger charge is -2.22. The molecule has 0 fully saturated rings. The minimum Gasteiger partial charge on any atom is -0.497 e. The number of nitrogens with zero attached hydrogens (tertiary/aromatic N) is 12. The second-order valence-corrected chi connectivity index (χ2v) is 29.7. The molecule has 0 aliphatic rings. The van der Waals surface area contributed by atoms with Gasteiger partial charge in [-0.25, -0.2) is 29.0 Å².